The third kappa shape index (κ3) is 3.23. The predicted molar refractivity (Wildman–Crippen MR) is 110 cm³/mol. The zero-order chi connectivity index (χ0) is 22.6. The molecule has 1 radical (unpaired) electrons. The van der Waals surface area contributed by atoms with Gasteiger partial charge in [-0.25, -0.2) is 9.97 Å². The van der Waals surface area contributed by atoms with E-state index in [0.29, 0.717) is 35.8 Å². The smallest absolute Gasteiger partial charge is 0.269 e. The van der Waals surface area contributed by atoms with Crippen molar-refractivity contribution in [3.8, 4) is 11.6 Å². The predicted octanol–water partition coefficient (Wildman–Crippen LogP) is 0.887. The van der Waals surface area contributed by atoms with Crippen molar-refractivity contribution in [2.24, 2.45) is 5.41 Å². The van der Waals surface area contributed by atoms with Gasteiger partial charge < -0.3 is 25.3 Å². The molecule has 0 amide bonds. The van der Waals surface area contributed by atoms with E-state index in [0.717, 1.165) is 4.74 Å². The zero-order valence-corrected chi connectivity index (χ0v) is 17.9. The third-order valence-corrected chi connectivity index (χ3v) is 6.45. The number of ether oxygens (including phenoxy) is 1. The lowest BCUT2D eigenvalue weighted by Crippen LogP contribution is -2.46. The highest BCUT2D eigenvalue weighted by molar-refractivity contribution is 6.01. The molecule has 3 aromatic rings. The Morgan fingerprint density at radius 2 is 1.90 bits per heavy atom. The molecule has 1 atom stereocenters. The number of rotatable bonds is 5. The number of imidazole rings is 1. The molecule has 31 heavy (non-hydrogen) atoms. The van der Waals surface area contributed by atoms with Crippen molar-refractivity contribution in [3.63, 3.8) is 0 Å². The first-order valence-electron chi connectivity index (χ1n) is 9.95. The first-order valence-corrected chi connectivity index (χ1v) is 9.95. The number of aliphatic hydroxyl groups is 1. The monoisotopic (exact) mass is 425 g/mol. The van der Waals surface area contributed by atoms with Gasteiger partial charge in [0.25, 0.3) is 5.71 Å². The lowest BCUT2D eigenvalue weighted by Gasteiger charge is -2.28. The minimum Gasteiger partial charge on any atom is -0.857 e. The number of nitrogens with two attached hydrogens (primary N) is 1. The first-order chi connectivity index (χ1) is 14.5. The van der Waals surface area contributed by atoms with Gasteiger partial charge in [-0.15, -0.1) is 0 Å². The lowest BCUT2D eigenvalue weighted by atomic mass is 9.72. The van der Waals surface area contributed by atoms with Crippen LogP contribution < -0.4 is 15.6 Å². The molecule has 0 spiro atoms. The molecule has 0 bridgehead atoms. The van der Waals surface area contributed by atoms with Gasteiger partial charge in [0, 0.05) is 35.2 Å². The number of hydroxylamine groups is 1. The summed E-state index contributed by atoms with van der Waals surface area (Å²) in [6, 6.07) is 7.04. The van der Waals surface area contributed by atoms with E-state index < -0.39 is 22.9 Å². The number of fused-ring (bicyclic) bond motifs is 1. The van der Waals surface area contributed by atoms with Gasteiger partial charge in [-0.2, -0.15) is 4.98 Å². The molecule has 3 N–H and O–H groups in total. The maximum atomic E-state index is 12.8. The highest BCUT2D eigenvalue weighted by Crippen LogP contribution is 2.43. The van der Waals surface area contributed by atoms with E-state index in [4.69, 9.17) is 10.5 Å². The average molecular weight is 425 g/mol. The summed E-state index contributed by atoms with van der Waals surface area (Å²) in [5.41, 5.74) is 5.77. The summed E-state index contributed by atoms with van der Waals surface area (Å²) in [6.07, 6.45) is 0.624. The van der Waals surface area contributed by atoms with Crippen LogP contribution in [0.25, 0.3) is 11.2 Å². The summed E-state index contributed by atoms with van der Waals surface area (Å²) >= 11 is 0. The minimum absolute atomic E-state index is 0.0962. The van der Waals surface area contributed by atoms with E-state index in [2.05, 4.69) is 15.0 Å². The molecule has 3 heterocycles. The Hall–Kier alpha value is -3.40. The molecule has 1 unspecified atom stereocenters. The van der Waals surface area contributed by atoms with Crippen LogP contribution in [0, 0.1) is 5.41 Å². The molecule has 0 saturated heterocycles. The molecule has 163 valence electrons. The van der Waals surface area contributed by atoms with Crippen LogP contribution in [-0.2, 0) is 11.8 Å². The van der Waals surface area contributed by atoms with Crippen LogP contribution >= 0.6 is 0 Å². The van der Waals surface area contributed by atoms with Gasteiger partial charge in [0.15, 0.2) is 11.8 Å². The normalized spacial score (nSPS) is 19.8. The molecule has 0 fully saturated rings. The summed E-state index contributed by atoms with van der Waals surface area (Å²) in [5, 5.41) is 35.4. The van der Waals surface area contributed by atoms with E-state index in [-0.39, 0.29) is 11.5 Å². The molecule has 4 rings (SSSR count). The number of nitrogen functional groups attached to an aromatic ring is 1. The van der Waals surface area contributed by atoms with Crippen molar-refractivity contribution in [2.75, 3.05) is 12.3 Å². The minimum atomic E-state index is -0.873. The molecule has 1 aliphatic heterocycles. The van der Waals surface area contributed by atoms with E-state index >= 15 is 0 Å². The third-order valence-electron chi connectivity index (χ3n) is 6.45. The SMILES string of the molecule is CC1(C)C(O)C(c2ccc(OCCn3cnc4c([O-])nc(N)nc43)cc2)=[N+]([O])C1(C)C. The van der Waals surface area contributed by atoms with Crippen molar-refractivity contribution < 1.29 is 24.9 Å². The number of hydrogen-bond donors (Lipinski definition) is 2. The number of aliphatic hydroxyl groups excluding tert-OH is 1. The van der Waals surface area contributed by atoms with Crippen molar-refractivity contribution in [3.05, 3.63) is 36.2 Å². The molecule has 10 heteroatoms. The number of hydrogen-bond acceptors (Lipinski definition) is 7. The first kappa shape index (κ1) is 20.9. The van der Waals surface area contributed by atoms with Crippen molar-refractivity contribution in [1.82, 2.24) is 19.5 Å². The summed E-state index contributed by atoms with van der Waals surface area (Å²) in [5.74, 6) is 0.000129. The van der Waals surface area contributed by atoms with Crippen LogP contribution in [0.3, 0.4) is 0 Å². The number of nitrogens with zero attached hydrogens (tertiary/aromatic N) is 5. The van der Waals surface area contributed by atoms with Crippen LogP contribution in [0.15, 0.2) is 30.6 Å². The van der Waals surface area contributed by atoms with E-state index in [1.54, 1.807) is 28.8 Å². The number of aromatic nitrogens is 4. The summed E-state index contributed by atoms with van der Waals surface area (Å²) in [4.78, 5) is 11.7. The Balaban J connectivity index is 1.46. The van der Waals surface area contributed by atoms with Gasteiger partial charge in [0.2, 0.25) is 11.5 Å². The molecular formula is C21H25N6O4. The second kappa shape index (κ2) is 7.09. The summed E-state index contributed by atoms with van der Waals surface area (Å²) in [7, 11) is 0. The maximum Gasteiger partial charge on any atom is 0.269 e. The highest BCUT2D eigenvalue weighted by atomic mass is 16.5. The fraction of sp³-hybridized carbons (Fsp3) is 0.429. The largest absolute Gasteiger partial charge is 0.857 e. The Kier molecular flexibility index (Phi) is 4.77. The van der Waals surface area contributed by atoms with Crippen molar-refractivity contribution >= 4 is 22.8 Å². The molecule has 2 aromatic heterocycles. The Bertz CT molecular complexity index is 1170. The molecular weight excluding hydrogens is 400 g/mol. The molecule has 1 aliphatic rings. The summed E-state index contributed by atoms with van der Waals surface area (Å²) in [6.45, 7) is 8.16. The Morgan fingerprint density at radius 1 is 1.23 bits per heavy atom. The van der Waals surface area contributed by atoms with Crippen molar-refractivity contribution in [1.29, 1.82) is 0 Å². The second-order valence-corrected chi connectivity index (χ2v) is 8.73. The van der Waals surface area contributed by atoms with Gasteiger partial charge in [-0.1, -0.05) is 0 Å². The van der Waals surface area contributed by atoms with E-state index in [9.17, 15) is 15.4 Å². The Morgan fingerprint density at radius 3 is 2.52 bits per heavy atom. The number of benzene rings is 1. The van der Waals surface area contributed by atoms with Crippen molar-refractivity contribution in [2.45, 2.75) is 45.9 Å². The number of anilines is 1. The molecule has 0 aliphatic carbocycles. The fourth-order valence-electron chi connectivity index (χ4n) is 3.71. The fourth-order valence-corrected chi connectivity index (χ4v) is 3.71. The van der Waals surface area contributed by atoms with Gasteiger partial charge in [0.1, 0.15) is 17.9 Å². The van der Waals surface area contributed by atoms with Crippen LogP contribution in [0.4, 0.5) is 5.95 Å². The highest BCUT2D eigenvalue weighted by Gasteiger charge is 2.63. The van der Waals surface area contributed by atoms with E-state index in [1.165, 1.54) is 6.33 Å². The Labute approximate surface area is 179 Å². The van der Waals surface area contributed by atoms with Gasteiger partial charge in [-0.05, 0) is 38.1 Å². The van der Waals surface area contributed by atoms with Crippen LogP contribution in [0.5, 0.6) is 11.6 Å². The lowest BCUT2D eigenvalue weighted by molar-refractivity contribution is -0.857. The van der Waals surface area contributed by atoms with E-state index in [1.807, 2.05) is 27.7 Å². The molecule has 1 aromatic carbocycles. The molecule has 10 nitrogen and oxygen atoms in total. The van der Waals surface area contributed by atoms with Gasteiger partial charge in [0.05, 0.1) is 18.3 Å². The summed E-state index contributed by atoms with van der Waals surface area (Å²) < 4.78 is 8.36. The maximum absolute atomic E-state index is 12.8. The average Bonchev–Trinajstić information content (AvgIpc) is 3.16. The van der Waals surface area contributed by atoms with Crippen LogP contribution in [0.1, 0.15) is 33.3 Å². The van der Waals surface area contributed by atoms with Gasteiger partial charge >= 0.3 is 0 Å². The standard InChI is InChI=1S/C21H26N6O4/c1-20(2)16(28)15(27(30)21(20,3)4)12-5-7-13(8-6-12)31-10-9-26-11-23-14-17(26)24-19(22)25-18(14)29/h5-8,11,16,28H,9-10H2,1-4H3,(H3,22,24,25,29)/q+1/p-1. The quantitative estimate of drug-likeness (QED) is 0.577. The zero-order valence-electron chi connectivity index (χ0n) is 17.9. The van der Waals surface area contributed by atoms with Crippen LogP contribution in [-0.4, -0.2) is 53.3 Å². The van der Waals surface area contributed by atoms with Crippen LogP contribution in [0.2, 0.25) is 0 Å². The topological polar surface area (TPSA) is 145 Å². The molecule has 0 saturated carbocycles. The van der Waals surface area contributed by atoms with Gasteiger partial charge in [-0.3, -0.25) is 0 Å². The second-order valence-electron chi connectivity index (χ2n) is 8.73.